The molecule has 0 aliphatic carbocycles. The number of hydrogen-bond acceptors (Lipinski definition) is 4. The van der Waals surface area contributed by atoms with Crippen LogP contribution in [0.3, 0.4) is 0 Å². The van der Waals surface area contributed by atoms with Crippen LogP contribution >= 0.6 is 0 Å². The van der Waals surface area contributed by atoms with Crippen molar-refractivity contribution in [3.8, 4) is 0 Å². The Kier molecular flexibility index (Phi) is 9.67. The van der Waals surface area contributed by atoms with E-state index in [9.17, 15) is 0 Å². The molecule has 4 heteroatoms. The first kappa shape index (κ1) is 20.9. The molecule has 1 saturated heterocycles. The van der Waals surface area contributed by atoms with Gasteiger partial charge in [0.15, 0.2) is 5.79 Å². The monoisotopic (exact) mass is 330 g/mol. The third kappa shape index (κ3) is 6.33. The molecule has 1 rings (SSSR count). The molecule has 1 aliphatic heterocycles. The quantitative estimate of drug-likeness (QED) is 0.248. The summed E-state index contributed by atoms with van der Waals surface area (Å²) < 4.78 is 23.3. The Morgan fingerprint density at radius 3 is 2.04 bits per heavy atom. The lowest BCUT2D eigenvalue weighted by Gasteiger charge is -2.46. The topological polar surface area (TPSA) is 40.2 Å². The van der Waals surface area contributed by atoms with Gasteiger partial charge in [0, 0.05) is 20.6 Å². The van der Waals surface area contributed by atoms with E-state index in [-0.39, 0.29) is 6.10 Å². The van der Waals surface area contributed by atoms with Crippen molar-refractivity contribution >= 4 is 0 Å². The maximum Gasteiger partial charge on any atom is 0.196 e. The Morgan fingerprint density at radius 2 is 1.52 bits per heavy atom. The van der Waals surface area contributed by atoms with Crippen molar-refractivity contribution < 1.29 is 18.9 Å². The summed E-state index contributed by atoms with van der Waals surface area (Å²) in [6, 6.07) is 0. The molecule has 138 valence electrons. The van der Waals surface area contributed by atoms with Gasteiger partial charge in [-0.3, -0.25) is 0 Å². The molecule has 23 heavy (non-hydrogen) atoms. The van der Waals surface area contributed by atoms with Crippen LogP contribution in [0.15, 0.2) is 0 Å². The minimum absolute atomic E-state index is 0.256. The molecule has 0 saturated carbocycles. The van der Waals surface area contributed by atoms with Gasteiger partial charge in [0.05, 0.1) is 13.2 Å². The fraction of sp³-hybridized carbons (Fsp3) is 1.00. The van der Waals surface area contributed by atoms with E-state index in [0.29, 0.717) is 6.61 Å². The lowest BCUT2D eigenvalue weighted by Crippen LogP contribution is -2.57. The van der Waals surface area contributed by atoms with Crippen LogP contribution < -0.4 is 0 Å². The van der Waals surface area contributed by atoms with Crippen molar-refractivity contribution in [3.05, 3.63) is 0 Å². The van der Waals surface area contributed by atoms with E-state index in [4.69, 9.17) is 18.9 Å². The molecule has 0 spiro atoms. The molecule has 2 unspecified atom stereocenters. The second kappa shape index (κ2) is 10.7. The third-order valence-corrected chi connectivity index (χ3v) is 5.04. The second-order valence-electron chi connectivity index (χ2n) is 6.93. The summed E-state index contributed by atoms with van der Waals surface area (Å²) in [5, 5.41) is 0. The highest BCUT2D eigenvalue weighted by molar-refractivity contribution is 4.93. The summed E-state index contributed by atoms with van der Waals surface area (Å²) >= 11 is 0. The summed E-state index contributed by atoms with van der Waals surface area (Å²) in [5.41, 5.74) is -0.441. The van der Waals surface area contributed by atoms with Gasteiger partial charge in [-0.15, -0.1) is 0 Å². The summed E-state index contributed by atoms with van der Waals surface area (Å²) in [6.07, 6.45) is 10.7. The lowest BCUT2D eigenvalue weighted by molar-refractivity contribution is -0.314. The lowest BCUT2D eigenvalue weighted by atomic mass is 9.85. The highest BCUT2D eigenvalue weighted by atomic mass is 16.7. The number of ether oxygens (including phenoxy) is 4. The van der Waals surface area contributed by atoms with Gasteiger partial charge in [-0.1, -0.05) is 58.8 Å². The maximum atomic E-state index is 6.31. The SMILES string of the molecule is CCCCCCCCC(C)(OCC1CO1)C(CCC)(OC)OC. The van der Waals surface area contributed by atoms with Gasteiger partial charge < -0.3 is 18.9 Å². The van der Waals surface area contributed by atoms with Crippen LogP contribution in [0.25, 0.3) is 0 Å². The predicted molar refractivity (Wildman–Crippen MR) is 93.7 cm³/mol. The average molecular weight is 331 g/mol. The first-order chi connectivity index (χ1) is 11.1. The minimum Gasteiger partial charge on any atom is -0.371 e. The van der Waals surface area contributed by atoms with E-state index in [2.05, 4.69) is 20.8 Å². The second-order valence-corrected chi connectivity index (χ2v) is 6.93. The van der Waals surface area contributed by atoms with Crippen LogP contribution in [0.5, 0.6) is 0 Å². The predicted octanol–water partition coefficient (Wildman–Crippen LogP) is 4.70. The zero-order valence-electron chi connectivity index (χ0n) is 16.0. The van der Waals surface area contributed by atoms with E-state index in [1.165, 1.54) is 32.1 Å². The molecular formula is C19H38O4. The summed E-state index contributed by atoms with van der Waals surface area (Å²) in [6.45, 7) is 7.99. The van der Waals surface area contributed by atoms with Crippen LogP contribution in [-0.4, -0.2) is 44.9 Å². The van der Waals surface area contributed by atoms with Crippen molar-refractivity contribution in [3.63, 3.8) is 0 Å². The number of rotatable bonds is 15. The molecule has 1 heterocycles. The summed E-state index contributed by atoms with van der Waals surface area (Å²) in [7, 11) is 3.46. The molecule has 1 aliphatic rings. The fourth-order valence-corrected chi connectivity index (χ4v) is 3.37. The van der Waals surface area contributed by atoms with Crippen LogP contribution in [0.1, 0.15) is 78.6 Å². The fourth-order valence-electron chi connectivity index (χ4n) is 3.37. The highest BCUT2D eigenvalue weighted by Crippen LogP contribution is 2.39. The van der Waals surface area contributed by atoms with Crippen molar-refractivity contribution in [1.82, 2.24) is 0 Å². The Hall–Kier alpha value is -0.160. The van der Waals surface area contributed by atoms with Gasteiger partial charge >= 0.3 is 0 Å². The number of unbranched alkanes of at least 4 members (excludes halogenated alkanes) is 5. The first-order valence-electron chi connectivity index (χ1n) is 9.43. The molecule has 0 amide bonds. The summed E-state index contributed by atoms with van der Waals surface area (Å²) in [5.74, 6) is -0.680. The Labute approximate surface area is 143 Å². The van der Waals surface area contributed by atoms with Crippen LogP contribution in [0.4, 0.5) is 0 Å². The van der Waals surface area contributed by atoms with Crippen LogP contribution in [0, 0.1) is 0 Å². The van der Waals surface area contributed by atoms with Gasteiger partial charge in [0.2, 0.25) is 0 Å². The van der Waals surface area contributed by atoms with Crippen molar-refractivity contribution in [2.45, 2.75) is 96.1 Å². The zero-order valence-corrected chi connectivity index (χ0v) is 16.0. The molecule has 0 bridgehead atoms. The number of epoxide rings is 1. The highest BCUT2D eigenvalue weighted by Gasteiger charge is 2.50. The van der Waals surface area contributed by atoms with E-state index in [1.807, 2.05) is 0 Å². The van der Waals surface area contributed by atoms with Gasteiger partial charge in [0.1, 0.15) is 11.7 Å². The van der Waals surface area contributed by atoms with Gasteiger partial charge in [-0.2, -0.15) is 0 Å². The smallest absolute Gasteiger partial charge is 0.196 e. The van der Waals surface area contributed by atoms with Gasteiger partial charge in [0.25, 0.3) is 0 Å². The molecule has 2 atom stereocenters. The minimum atomic E-state index is -0.680. The van der Waals surface area contributed by atoms with Crippen LogP contribution in [0.2, 0.25) is 0 Å². The molecule has 0 aromatic heterocycles. The standard InChI is InChI=1S/C19H38O4/c1-6-8-9-10-11-12-14-18(3,23-16-17-15-22-17)19(20-4,21-5)13-7-2/h17H,6-16H2,1-5H3. The molecule has 4 nitrogen and oxygen atoms in total. The molecule has 1 fully saturated rings. The van der Waals surface area contributed by atoms with Gasteiger partial charge in [-0.05, 0) is 13.3 Å². The van der Waals surface area contributed by atoms with E-state index in [0.717, 1.165) is 32.3 Å². The largest absolute Gasteiger partial charge is 0.371 e. The van der Waals surface area contributed by atoms with Gasteiger partial charge in [-0.25, -0.2) is 0 Å². The molecule has 0 radical (unpaired) electrons. The first-order valence-corrected chi connectivity index (χ1v) is 9.43. The summed E-state index contributed by atoms with van der Waals surface area (Å²) in [4.78, 5) is 0. The maximum absolute atomic E-state index is 6.31. The number of methoxy groups -OCH3 is 2. The van der Waals surface area contributed by atoms with E-state index >= 15 is 0 Å². The Morgan fingerprint density at radius 1 is 0.913 bits per heavy atom. The van der Waals surface area contributed by atoms with Crippen molar-refractivity contribution in [2.24, 2.45) is 0 Å². The molecule has 0 N–H and O–H groups in total. The Balaban J connectivity index is 2.62. The zero-order chi connectivity index (χ0) is 17.2. The van der Waals surface area contributed by atoms with E-state index in [1.54, 1.807) is 14.2 Å². The molecule has 0 aromatic rings. The third-order valence-electron chi connectivity index (χ3n) is 5.04. The number of hydrogen-bond donors (Lipinski definition) is 0. The van der Waals surface area contributed by atoms with Crippen LogP contribution in [-0.2, 0) is 18.9 Å². The average Bonchev–Trinajstić information content (AvgIpc) is 3.38. The van der Waals surface area contributed by atoms with E-state index < -0.39 is 11.4 Å². The Bertz CT molecular complexity index is 300. The van der Waals surface area contributed by atoms with Crippen molar-refractivity contribution in [2.75, 3.05) is 27.4 Å². The molecular weight excluding hydrogens is 292 g/mol. The molecule has 0 aromatic carbocycles. The van der Waals surface area contributed by atoms with Crippen molar-refractivity contribution in [1.29, 1.82) is 0 Å². The normalized spacial score (nSPS) is 20.5.